The summed E-state index contributed by atoms with van der Waals surface area (Å²) in [6.45, 7) is 3.44. The van der Waals surface area contributed by atoms with Gasteiger partial charge in [0, 0.05) is 17.3 Å². The predicted molar refractivity (Wildman–Crippen MR) is 79.2 cm³/mol. The van der Waals surface area contributed by atoms with Gasteiger partial charge in [0.2, 0.25) is 0 Å². The lowest BCUT2D eigenvalue weighted by atomic mass is 10.2. The maximum absolute atomic E-state index is 6.15. The summed E-state index contributed by atoms with van der Waals surface area (Å²) in [5, 5.41) is 10.0. The highest BCUT2D eigenvalue weighted by Gasteiger charge is 2.11. The minimum absolute atomic E-state index is 0.416. The number of hydrogen-bond donors (Lipinski definition) is 1. The standard InChI is InChI=1S/C13H17ClN4S/c1-2-7-18-12(8-15)16-17-13(18)19-9-10-5-3-4-6-11(10)14/h3-6H,2,7-9,15H2,1H3. The Morgan fingerprint density at radius 1 is 1.32 bits per heavy atom. The van der Waals surface area contributed by atoms with Crippen molar-refractivity contribution >= 4 is 23.4 Å². The molecule has 0 amide bonds. The van der Waals surface area contributed by atoms with Gasteiger partial charge in [-0.1, -0.05) is 48.5 Å². The van der Waals surface area contributed by atoms with Crippen LogP contribution in [-0.4, -0.2) is 14.8 Å². The van der Waals surface area contributed by atoms with Crippen molar-refractivity contribution in [2.45, 2.75) is 37.3 Å². The summed E-state index contributed by atoms with van der Waals surface area (Å²) >= 11 is 7.79. The zero-order valence-corrected chi connectivity index (χ0v) is 12.4. The largest absolute Gasteiger partial charge is 0.324 e. The van der Waals surface area contributed by atoms with Crippen molar-refractivity contribution in [3.63, 3.8) is 0 Å². The number of rotatable bonds is 6. The van der Waals surface area contributed by atoms with Crippen LogP contribution in [0.15, 0.2) is 29.4 Å². The first kappa shape index (κ1) is 14.4. The van der Waals surface area contributed by atoms with Gasteiger partial charge in [0.25, 0.3) is 0 Å². The summed E-state index contributed by atoms with van der Waals surface area (Å²) < 4.78 is 2.08. The summed E-state index contributed by atoms with van der Waals surface area (Å²) in [6, 6.07) is 7.85. The Balaban J connectivity index is 2.11. The highest BCUT2D eigenvalue weighted by Crippen LogP contribution is 2.26. The first-order chi connectivity index (χ1) is 9.26. The fraction of sp³-hybridized carbons (Fsp3) is 0.385. The molecule has 0 spiro atoms. The van der Waals surface area contributed by atoms with E-state index < -0.39 is 0 Å². The van der Waals surface area contributed by atoms with Gasteiger partial charge in [-0.05, 0) is 18.1 Å². The molecule has 6 heteroatoms. The van der Waals surface area contributed by atoms with Crippen molar-refractivity contribution in [1.29, 1.82) is 0 Å². The molecule has 2 rings (SSSR count). The van der Waals surface area contributed by atoms with Crippen molar-refractivity contribution in [2.24, 2.45) is 5.73 Å². The summed E-state index contributed by atoms with van der Waals surface area (Å²) in [7, 11) is 0. The molecule has 1 aromatic heterocycles. The first-order valence-electron chi connectivity index (χ1n) is 6.24. The maximum Gasteiger partial charge on any atom is 0.191 e. The molecule has 4 nitrogen and oxygen atoms in total. The van der Waals surface area contributed by atoms with E-state index in [1.807, 2.05) is 24.3 Å². The Bertz CT molecular complexity index is 541. The molecule has 0 bridgehead atoms. The van der Waals surface area contributed by atoms with E-state index >= 15 is 0 Å². The molecule has 2 aromatic rings. The van der Waals surface area contributed by atoms with Crippen LogP contribution in [0.1, 0.15) is 24.7 Å². The predicted octanol–water partition coefficient (Wildman–Crippen LogP) is 3.09. The molecule has 0 saturated heterocycles. The Morgan fingerprint density at radius 2 is 2.11 bits per heavy atom. The van der Waals surface area contributed by atoms with Crippen LogP contribution < -0.4 is 5.73 Å². The van der Waals surface area contributed by atoms with E-state index in [0.717, 1.165) is 40.3 Å². The number of hydrogen-bond acceptors (Lipinski definition) is 4. The summed E-state index contributed by atoms with van der Waals surface area (Å²) in [6.07, 6.45) is 1.03. The normalized spacial score (nSPS) is 10.9. The number of benzene rings is 1. The van der Waals surface area contributed by atoms with Crippen molar-refractivity contribution in [3.05, 3.63) is 40.7 Å². The van der Waals surface area contributed by atoms with Crippen LogP contribution in [0.2, 0.25) is 5.02 Å². The topological polar surface area (TPSA) is 56.7 Å². The highest BCUT2D eigenvalue weighted by atomic mass is 35.5. The molecule has 19 heavy (non-hydrogen) atoms. The maximum atomic E-state index is 6.15. The second-order valence-electron chi connectivity index (χ2n) is 4.13. The Labute approximate surface area is 122 Å². The molecule has 0 aliphatic heterocycles. The van der Waals surface area contributed by atoms with Gasteiger partial charge in [0.15, 0.2) is 5.16 Å². The molecule has 1 aromatic carbocycles. The molecular weight excluding hydrogens is 280 g/mol. The van der Waals surface area contributed by atoms with Gasteiger partial charge in [-0.3, -0.25) is 0 Å². The van der Waals surface area contributed by atoms with E-state index in [-0.39, 0.29) is 0 Å². The van der Waals surface area contributed by atoms with Crippen LogP contribution in [-0.2, 0) is 18.8 Å². The van der Waals surface area contributed by atoms with E-state index in [4.69, 9.17) is 17.3 Å². The third-order valence-electron chi connectivity index (χ3n) is 2.74. The minimum Gasteiger partial charge on any atom is -0.324 e. The molecule has 0 saturated carbocycles. The van der Waals surface area contributed by atoms with Gasteiger partial charge in [-0.25, -0.2) is 0 Å². The molecule has 0 atom stereocenters. The molecule has 1 heterocycles. The molecule has 102 valence electrons. The third kappa shape index (κ3) is 3.49. The van der Waals surface area contributed by atoms with Gasteiger partial charge in [0.05, 0.1) is 6.54 Å². The van der Waals surface area contributed by atoms with Crippen molar-refractivity contribution in [2.75, 3.05) is 0 Å². The molecule has 0 aliphatic carbocycles. The lowest BCUT2D eigenvalue weighted by Gasteiger charge is -2.08. The van der Waals surface area contributed by atoms with Gasteiger partial charge in [-0.2, -0.15) is 0 Å². The smallest absolute Gasteiger partial charge is 0.191 e. The van der Waals surface area contributed by atoms with Crippen LogP contribution in [0.4, 0.5) is 0 Å². The van der Waals surface area contributed by atoms with Crippen molar-refractivity contribution in [1.82, 2.24) is 14.8 Å². The fourth-order valence-corrected chi connectivity index (χ4v) is 3.05. The average molecular weight is 297 g/mol. The zero-order chi connectivity index (χ0) is 13.7. The number of aromatic nitrogens is 3. The number of nitrogens with two attached hydrogens (primary N) is 1. The van der Waals surface area contributed by atoms with Crippen LogP contribution in [0.5, 0.6) is 0 Å². The Kier molecular flexibility index (Phi) is 5.24. The average Bonchev–Trinajstić information content (AvgIpc) is 2.81. The second kappa shape index (κ2) is 6.93. The second-order valence-corrected chi connectivity index (χ2v) is 5.48. The summed E-state index contributed by atoms with van der Waals surface area (Å²) in [4.78, 5) is 0. The van der Waals surface area contributed by atoms with Gasteiger partial charge in [-0.15, -0.1) is 10.2 Å². The molecular formula is C13H17ClN4S. The molecule has 0 aliphatic rings. The Hall–Kier alpha value is -1.04. The highest BCUT2D eigenvalue weighted by molar-refractivity contribution is 7.98. The number of nitrogens with zero attached hydrogens (tertiary/aromatic N) is 3. The number of thioether (sulfide) groups is 1. The van der Waals surface area contributed by atoms with Gasteiger partial charge >= 0.3 is 0 Å². The SMILES string of the molecule is CCCn1c(CN)nnc1SCc1ccccc1Cl. The van der Waals surface area contributed by atoms with E-state index in [9.17, 15) is 0 Å². The van der Waals surface area contributed by atoms with Gasteiger partial charge < -0.3 is 10.3 Å². The van der Waals surface area contributed by atoms with Crippen molar-refractivity contribution in [3.8, 4) is 0 Å². The van der Waals surface area contributed by atoms with Gasteiger partial charge in [0.1, 0.15) is 5.82 Å². The summed E-state index contributed by atoms with van der Waals surface area (Å²) in [5.41, 5.74) is 6.78. The molecule has 2 N–H and O–H groups in total. The van der Waals surface area contributed by atoms with Crippen LogP contribution in [0, 0.1) is 0 Å². The van der Waals surface area contributed by atoms with E-state index in [1.54, 1.807) is 11.8 Å². The summed E-state index contributed by atoms with van der Waals surface area (Å²) in [5.74, 6) is 1.62. The first-order valence-corrected chi connectivity index (χ1v) is 7.61. The lowest BCUT2D eigenvalue weighted by molar-refractivity contribution is 0.592. The third-order valence-corrected chi connectivity index (χ3v) is 4.12. The van der Waals surface area contributed by atoms with E-state index in [2.05, 4.69) is 21.7 Å². The minimum atomic E-state index is 0.416. The monoisotopic (exact) mass is 296 g/mol. The fourth-order valence-electron chi connectivity index (χ4n) is 1.78. The number of halogens is 1. The molecule has 0 radical (unpaired) electrons. The molecule has 0 unspecified atom stereocenters. The van der Waals surface area contributed by atoms with Crippen LogP contribution in [0.3, 0.4) is 0 Å². The van der Waals surface area contributed by atoms with Crippen LogP contribution in [0.25, 0.3) is 0 Å². The zero-order valence-electron chi connectivity index (χ0n) is 10.8. The van der Waals surface area contributed by atoms with Crippen molar-refractivity contribution < 1.29 is 0 Å². The molecule has 0 fully saturated rings. The lowest BCUT2D eigenvalue weighted by Crippen LogP contribution is -2.09. The van der Waals surface area contributed by atoms with E-state index in [0.29, 0.717) is 6.54 Å². The Morgan fingerprint density at radius 3 is 2.79 bits per heavy atom. The quantitative estimate of drug-likeness (QED) is 0.832. The van der Waals surface area contributed by atoms with Crippen LogP contribution >= 0.6 is 23.4 Å². The van der Waals surface area contributed by atoms with E-state index in [1.165, 1.54) is 0 Å².